The van der Waals surface area contributed by atoms with Gasteiger partial charge in [-0.15, -0.1) is 0 Å². The fourth-order valence-electron chi connectivity index (χ4n) is 1.95. The smallest absolute Gasteiger partial charge is 0.225 e. The Morgan fingerprint density at radius 2 is 2.24 bits per heavy atom. The highest BCUT2D eigenvalue weighted by Crippen LogP contribution is 2.23. The van der Waals surface area contributed by atoms with E-state index in [-0.39, 0.29) is 0 Å². The first kappa shape index (κ1) is 12.6. The number of rotatable bonds is 4. The molecule has 1 aliphatic rings. The Labute approximate surface area is 107 Å². The van der Waals surface area contributed by atoms with E-state index in [1.54, 1.807) is 0 Å². The van der Waals surface area contributed by atoms with Gasteiger partial charge in [0.1, 0.15) is 0 Å². The van der Waals surface area contributed by atoms with E-state index < -0.39 is 0 Å². The van der Waals surface area contributed by atoms with Gasteiger partial charge in [-0.25, -0.2) is 9.97 Å². The number of hydrogen-bond donors (Lipinski definition) is 1. The molecule has 0 radical (unpaired) electrons. The lowest BCUT2D eigenvalue weighted by molar-refractivity contribution is 0.706. The van der Waals surface area contributed by atoms with Crippen molar-refractivity contribution in [3.8, 4) is 0 Å². The second kappa shape index (κ2) is 6.21. The predicted octanol–water partition coefficient (Wildman–Crippen LogP) is 1.53. The third-order valence-corrected chi connectivity index (χ3v) is 4.32. The summed E-state index contributed by atoms with van der Waals surface area (Å²) in [5.41, 5.74) is 1.13. The Morgan fingerprint density at radius 1 is 1.47 bits per heavy atom. The third-order valence-electron chi connectivity index (χ3n) is 2.95. The SMILES string of the molecule is CCC1CN(c2ncc(CNC)cn2)CCS1. The molecule has 1 fully saturated rings. The molecule has 0 spiro atoms. The van der Waals surface area contributed by atoms with Crippen LogP contribution in [0.3, 0.4) is 0 Å². The summed E-state index contributed by atoms with van der Waals surface area (Å²) in [4.78, 5) is 11.2. The Bertz CT molecular complexity index is 341. The lowest BCUT2D eigenvalue weighted by atomic mass is 10.3. The molecule has 0 saturated carbocycles. The van der Waals surface area contributed by atoms with E-state index >= 15 is 0 Å². The fraction of sp³-hybridized carbons (Fsp3) is 0.667. The van der Waals surface area contributed by atoms with Crippen LogP contribution >= 0.6 is 11.8 Å². The summed E-state index contributed by atoms with van der Waals surface area (Å²) in [6.07, 6.45) is 5.06. The first-order valence-electron chi connectivity index (χ1n) is 6.15. The molecule has 2 heterocycles. The largest absolute Gasteiger partial charge is 0.339 e. The topological polar surface area (TPSA) is 41.1 Å². The van der Waals surface area contributed by atoms with E-state index in [4.69, 9.17) is 0 Å². The van der Waals surface area contributed by atoms with Gasteiger partial charge in [0.2, 0.25) is 5.95 Å². The molecule has 1 aliphatic heterocycles. The van der Waals surface area contributed by atoms with Gasteiger partial charge in [0, 0.05) is 48.6 Å². The van der Waals surface area contributed by atoms with Crippen LogP contribution in [0.5, 0.6) is 0 Å². The lowest BCUT2D eigenvalue weighted by Crippen LogP contribution is -2.38. The van der Waals surface area contributed by atoms with Gasteiger partial charge in [-0.2, -0.15) is 11.8 Å². The average Bonchev–Trinajstić information content (AvgIpc) is 2.40. The van der Waals surface area contributed by atoms with Crippen LogP contribution in [-0.2, 0) is 6.54 Å². The van der Waals surface area contributed by atoms with Gasteiger partial charge < -0.3 is 10.2 Å². The molecule has 1 N–H and O–H groups in total. The van der Waals surface area contributed by atoms with Crippen molar-refractivity contribution in [3.05, 3.63) is 18.0 Å². The maximum Gasteiger partial charge on any atom is 0.225 e. The maximum absolute atomic E-state index is 4.46. The zero-order chi connectivity index (χ0) is 12.1. The minimum atomic E-state index is 0.726. The van der Waals surface area contributed by atoms with Crippen LogP contribution in [0, 0.1) is 0 Å². The highest BCUT2D eigenvalue weighted by atomic mass is 32.2. The van der Waals surface area contributed by atoms with Gasteiger partial charge >= 0.3 is 0 Å². The minimum Gasteiger partial charge on any atom is -0.339 e. The zero-order valence-corrected chi connectivity index (χ0v) is 11.3. The van der Waals surface area contributed by atoms with Crippen LogP contribution in [0.2, 0.25) is 0 Å². The molecule has 0 bridgehead atoms. The van der Waals surface area contributed by atoms with Crippen LogP contribution in [0.25, 0.3) is 0 Å². The lowest BCUT2D eigenvalue weighted by Gasteiger charge is -2.31. The number of nitrogens with zero attached hydrogens (tertiary/aromatic N) is 3. The molecular formula is C12H20N4S. The van der Waals surface area contributed by atoms with E-state index in [0.29, 0.717) is 0 Å². The molecule has 5 heteroatoms. The Hall–Kier alpha value is -0.810. The van der Waals surface area contributed by atoms with Gasteiger partial charge in [-0.05, 0) is 13.5 Å². The van der Waals surface area contributed by atoms with Crippen molar-refractivity contribution in [2.75, 3.05) is 30.8 Å². The second-order valence-corrected chi connectivity index (χ2v) is 5.68. The van der Waals surface area contributed by atoms with Gasteiger partial charge in [0.15, 0.2) is 0 Å². The maximum atomic E-state index is 4.46. The van der Waals surface area contributed by atoms with Crippen molar-refractivity contribution in [3.63, 3.8) is 0 Å². The Kier molecular flexibility index (Phi) is 4.62. The van der Waals surface area contributed by atoms with E-state index in [1.807, 2.05) is 19.4 Å². The zero-order valence-electron chi connectivity index (χ0n) is 10.5. The molecule has 1 unspecified atom stereocenters. The van der Waals surface area contributed by atoms with Crippen molar-refractivity contribution in [1.82, 2.24) is 15.3 Å². The molecule has 1 saturated heterocycles. The van der Waals surface area contributed by atoms with Crippen LogP contribution in [-0.4, -0.2) is 41.1 Å². The van der Waals surface area contributed by atoms with Crippen molar-refractivity contribution >= 4 is 17.7 Å². The van der Waals surface area contributed by atoms with Crippen molar-refractivity contribution in [2.24, 2.45) is 0 Å². The summed E-state index contributed by atoms with van der Waals surface area (Å²) in [5.74, 6) is 2.06. The molecule has 94 valence electrons. The number of nitrogens with one attached hydrogen (secondary N) is 1. The highest BCUT2D eigenvalue weighted by molar-refractivity contribution is 8.00. The molecule has 0 aliphatic carbocycles. The summed E-state index contributed by atoms with van der Waals surface area (Å²) in [5, 5.41) is 3.83. The van der Waals surface area contributed by atoms with E-state index in [9.17, 15) is 0 Å². The molecule has 1 aromatic heterocycles. The van der Waals surface area contributed by atoms with Gasteiger partial charge in [-0.3, -0.25) is 0 Å². The van der Waals surface area contributed by atoms with Crippen LogP contribution in [0.1, 0.15) is 18.9 Å². The first-order chi connectivity index (χ1) is 8.33. The average molecular weight is 252 g/mol. The standard InChI is InChI=1S/C12H20N4S/c1-3-11-9-16(4-5-17-11)12-14-7-10(6-13-2)8-15-12/h7-8,11,13H,3-6,9H2,1-2H3. The Balaban J connectivity index is 2.01. The normalized spacial score (nSPS) is 20.6. The second-order valence-electron chi connectivity index (χ2n) is 4.27. The summed E-state index contributed by atoms with van der Waals surface area (Å²) < 4.78 is 0. The molecular weight excluding hydrogens is 232 g/mol. The first-order valence-corrected chi connectivity index (χ1v) is 7.20. The predicted molar refractivity (Wildman–Crippen MR) is 73.5 cm³/mol. The minimum absolute atomic E-state index is 0.726. The van der Waals surface area contributed by atoms with E-state index in [0.717, 1.165) is 36.4 Å². The number of hydrogen-bond acceptors (Lipinski definition) is 5. The van der Waals surface area contributed by atoms with Crippen LogP contribution in [0.4, 0.5) is 5.95 Å². The van der Waals surface area contributed by atoms with Crippen molar-refractivity contribution in [1.29, 1.82) is 0 Å². The molecule has 1 aromatic rings. The van der Waals surface area contributed by atoms with Gasteiger partial charge in [0.05, 0.1) is 0 Å². The van der Waals surface area contributed by atoms with Gasteiger partial charge in [-0.1, -0.05) is 6.92 Å². The number of thioether (sulfide) groups is 1. The number of anilines is 1. The summed E-state index contributed by atoms with van der Waals surface area (Å²) >= 11 is 2.07. The molecule has 0 aromatic carbocycles. The molecule has 2 rings (SSSR count). The van der Waals surface area contributed by atoms with Crippen molar-refractivity contribution in [2.45, 2.75) is 25.1 Å². The molecule has 4 nitrogen and oxygen atoms in total. The van der Waals surface area contributed by atoms with Gasteiger partial charge in [0.25, 0.3) is 0 Å². The summed E-state index contributed by atoms with van der Waals surface area (Å²) in [7, 11) is 1.93. The third kappa shape index (κ3) is 3.33. The highest BCUT2D eigenvalue weighted by Gasteiger charge is 2.20. The summed E-state index contributed by atoms with van der Waals surface area (Å²) in [6, 6.07) is 0. The van der Waals surface area contributed by atoms with Crippen molar-refractivity contribution < 1.29 is 0 Å². The Morgan fingerprint density at radius 3 is 2.88 bits per heavy atom. The molecule has 0 amide bonds. The molecule has 1 atom stereocenters. The molecule has 17 heavy (non-hydrogen) atoms. The van der Waals surface area contributed by atoms with E-state index in [2.05, 4.69) is 38.9 Å². The van der Waals surface area contributed by atoms with Crippen LogP contribution in [0.15, 0.2) is 12.4 Å². The fourth-order valence-corrected chi connectivity index (χ4v) is 3.13. The number of aromatic nitrogens is 2. The van der Waals surface area contributed by atoms with Crippen LogP contribution < -0.4 is 10.2 Å². The monoisotopic (exact) mass is 252 g/mol. The van der Waals surface area contributed by atoms with E-state index in [1.165, 1.54) is 12.2 Å². The quantitative estimate of drug-likeness (QED) is 0.880. The summed E-state index contributed by atoms with van der Waals surface area (Å²) in [6.45, 7) is 5.21.